The smallest absolute Gasteiger partial charge is 0.326 e. The second kappa shape index (κ2) is 8.32. The number of anilines is 1. The van der Waals surface area contributed by atoms with Crippen LogP contribution < -0.4 is 15.8 Å². The van der Waals surface area contributed by atoms with Crippen molar-refractivity contribution >= 4 is 11.8 Å². The highest BCUT2D eigenvalue weighted by molar-refractivity contribution is 5.91. The van der Waals surface area contributed by atoms with Gasteiger partial charge in [0, 0.05) is 19.2 Å². The molecule has 0 aliphatic heterocycles. The summed E-state index contributed by atoms with van der Waals surface area (Å²) in [7, 11) is 0. The molecular weight excluding hydrogens is 310 g/mol. The van der Waals surface area contributed by atoms with Gasteiger partial charge in [0.15, 0.2) is 5.96 Å². The number of aliphatic imine (C=N–C) groups is 1. The number of nitrogens with zero attached hydrogens (tertiary/aromatic N) is 3. The van der Waals surface area contributed by atoms with E-state index in [1.165, 1.54) is 12.3 Å². The van der Waals surface area contributed by atoms with E-state index in [4.69, 9.17) is 15.6 Å². The van der Waals surface area contributed by atoms with E-state index in [1.807, 2.05) is 0 Å². The summed E-state index contributed by atoms with van der Waals surface area (Å²) < 4.78 is 54.4. The van der Waals surface area contributed by atoms with Crippen LogP contribution in [0.1, 0.15) is 6.42 Å². The highest BCUT2D eigenvalue weighted by Gasteiger charge is 2.40. The van der Waals surface area contributed by atoms with Crippen LogP contribution in [0.25, 0.3) is 0 Å². The Morgan fingerprint density at radius 3 is 2.86 bits per heavy atom. The molecule has 22 heavy (non-hydrogen) atoms. The number of aromatic nitrogens is 2. The van der Waals surface area contributed by atoms with Gasteiger partial charge in [-0.25, -0.2) is 18.8 Å². The standard InChI is InChI=1S/C11H15F4N5O2/c12-8(13)11(14,15)6-18-9(16)19-7-2-3-17-10(20-7)22-5-1-4-21/h2-3,8,21H,1,4-6H2,(H3,16,17,18,19,20). The summed E-state index contributed by atoms with van der Waals surface area (Å²) in [6.07, 6.45) is -2.13. The lowest BCUT2D eigenvalue weighted by atomic mass is 10.3. The third kappa shape index (κ3) is 6.08. The highest BCUT2D eigenvalue weighted by Crippen LogP contribution is 2.22. The van der Waals surface area contributed by atoms with Gasteiger partial charge in [0.2, 0.25) is 0 Å². The Morgan fingerprint density at radius 2 is 2.23 bits per heavy atom. The first-order chi connectivity index (χ1) is 10.3. The maximum Gasteiger partial charge on any atom is 0.326 e. The maximum atomic E-state index is 12.7. The lowest BCUT2D eigenvalue weighted by molar-refractivity contribution is -0.119. The maximum absolute atomic E-state index is 12.7. The Balaban J connectivity index is 2.60. The van der Waals surface area contributed by atoms with Crippen LogP contribution in [0.3, 0.4) is 0 Å². The molecule has 1 aromatic heterocycles. The summed E-state index contributed by atoms with van der Waals surface area (Å²) in [6, 6.07) is 1.33. The van der Waals surface area contributed by atoms with Crippen LogP contribution in [0.5, 0.6) is 6.01 Å². The van der Waals surface area contributed by atoms with Crippen molar-refractivity contribution in [2.45, 2.75) is 18.8 Å². The van der Waals surface area contributed by atoms with Crippen LogP contribution in [-0.2, 0) is 0 Å². The zero-order chi connectivity index (χ0) is 16.6. The Bertz CT molecular complexity index is 501. The van der Waals surface area contributed by atoms with Gasteiger partial charge in [-0.1, -0.05) is 0 Å². The monoisotopic (exact) mass is 325 g/mol. The molecule has 0 spiro atoms. The molecule has 11 heteroatoms. The second-order valence-corrected chi connectivity index (χ2v) is 4.04. The minimum absolute atomic E-state index is 0.0239. The molecule has 0 aliphatic carbocycles. The minimum Gasteiger partial charge on any atom is -0.463 e. The number of ether oxygens (including phenoxy) is 1. The first-order valence-electron chi connectivity index (χ1n) is 6.15. The molecule has 1 heterocycles. The third-order valence-corrected chi connectivity index (χ3v) is 2.20. The van der Waals surface area contributed by atoms with Crippen molar-refractivity contribution in [1.82, 2.24) is 9.97 Å². The average molecular weight is 325 g/mol. The van der Waals surface area contributed by atoms with Gasteiger partial charge in [-0.2, -0.15) is 13.8 Å². The molecule has 0 saturated carbocycles. The van der Waals surface area contributed by atoms with Crippen molar-refractivity contribution in [1.29, 1.82) is 0 Å². The van der Waals surface area contributed by atoms with Crippen molar-refractivity contribution < 1.29 is 27.4 Å². The van der Waals surface area contributed by atoms with Crippen molar-refractivity contribution in [3.05, 3.63) is 12.3 Å². The number of nitrogens with one attached hydrogen (secondary N) is 1. The molecular formula is C11H15F4N5O2. The first-order valence-corrected chi connectivity index (χ1v) is 6.15. The van der Waals surface area contributed by atoms with Crippen LogP contribution in [0.2, 0.25) is 0 Å². The van der Waals surface area contributed by atoms with Gasteiger partial charge in [-0.05, 0) is 6.07 Å². The summed E-state index contributed by atoms with van der Waals surface area (Å²) >= 11 is 0. The summed E-state index contributed by atoms with van der Waals surface area (Å²) in [5.74, 6) is -4.66. The molecule has 0 unspecified atom stereocenters. The van der Waals surface area contributed by atoms with Gasteiger partial charge in [-0.3, -0.25) is 0 Å². The quantitative estimate of drug-likeness (QED) is 0.283. The van der Waals surface area contributed by atoms with Crippen LogP contribution in [-0.4, -0.2) is 53.1 Å². The van der Waals surface area contributed by atoms with Crippen LogP contribution >= 0.6 is 0 Å². The van der Waals surface area contributed by atoms with Gasteiger partial charge in [0.1, 0.15) is 12.4 Å². The summed E-state index contributed by atoms with van der Waals surface area (Å²) in [6.45, 7) is -1.32. The van der Waals surface area contributed by atoms with Gasteiger partial charge in [-0.15, -0.1) is 0 Å². The van der Waals surface area contributed by atoms with Crippen LogP contribution in [0, 0.1) is 0 Å². The Morgan fingerprint density at radius 1 is 1.50 bits per heavy atom. The molecule has 0 fully saturated rings. The topological polar surface area (TPSA) is 106 Å². The fourth-order valence-electron chi connectivity index (χ4n) is 1.14. The predicted molar refractivity (Wildman–Crippen MR) is 70.3 cm³/mol. The normalized spacial score (nSPS) is 12.5. The predicted octanol–water partition coefficient (Wildman–Crippen LogP) is 0.865. The van der Waals surface area contributed by atoms with E-state index >= 15 is 0 Å². The van der Waals surface area contributed by atoms with Crippen LogP contribution in [0.15, 0.2) is 17.3 Å². The zero-order valence-corrected chi connectivity index (χ0v) is 11.3. The molecule has 0 bridgehead atoms. The summed E-state index contributed by atoms with van der Waals surface area (Å²) in [4.78, 5) is 10.8. The van der Waals surface area contributed by atoms with Gasteiger partial charge < -0.3 is 20.9 Å². The van der Waals surface area contributed by atoms with Gasteiger partial charge >= 0.3 is 18.4 Å². The fourth-order valence-corrected chi connectivity index (χ4v) is 1.14. The molecule has 0 aromatic carbocycles. The van der Waals surface area contributed by atoms with E-state index in [0.29, 0.717) is 6.42 Å². The summed E-state index contributed by atoms with van der Waals surface area (Å²) in [5.41, 5.74) is 5.31. The molecule has 4 N–H and O–H groups in total. The third-order valence-electron chi connectivity index (χ3n) is 2.20. The summed E-state index contributed by atoms with van der Waals surface area (Å²) in [5, 5.41) is 11.0. The van der Waals surface area contributed by atoms with Crippen molar-refractivity contribution in [2.75, 3.05) is 25.1 Å². The number of alkyl halides is 4. The largest absolute Gasteiger partial charge is 0.463 e. The Labute approximate surface area is 123 Å². The number of halogens is 4. The van der Waals surface area contributed by atoms with E-state index in [1.54, 1.807) is 0 Å². The molecule has 7 nitrogen and oxygen atoms in total. The number of hydrogen-bond donors (Lipinski definition) is 3. The lowest BCUT2D eigenvalue weighted by Gasteiger charge is -2.13. The minimum atomic E-state index is -4.25. The molecule has 0 radical (unpaired) electrons. The number of rotatable bonds is 8. The number of aliphatic hydroxyl groups excluding tert-OH is 1. The number of nitrogens with two attached hydrogens (primary N) is 1. The molecule has 0 atom stereocenters. The molecule has 0 aliphatic rings. The number of aliphatic hydroxyl groups is 1. The molecule has 124 valence electrons. The fraction of sp³-hybridized carbons (Fsp3) is 0.545. The van der Waals surface area contributed by atoms with E-state index in [9.17, 15) is 17.6 Å². The van der Waals surface area contributed by atoms with E-state index < -0.39 is 24.9 Å². The molecule has 1 rings (SSSR count). The zero-order valence-electron chi connectivity index (χ0n) is 11.3. The van der Waals surface area contributed by atoms with E-state index in [0.717, 1.165) is 0 Å². The number of guanidine groups is 1. The highest BCUT2D eigenvalue weighted by atomic mass is 19.3. The van der Waals surface area contributed by atoms with Crippen molar-refractivity contribution in [3.8, 4) is 6.01 Å². The molecule has 0 amide bonds. The molecule has 1 aromatic rings. The van der Waals surface area contributed by atoms with Crippen molar-refractivity contribution in [3.63, 3.8) is 0 Å². The van der Waals surface area contributed by atoms with Gasteiger partial charge in [0.05, 0.1) is 6.61 Å². The first kappa shape index (κ1) is 17.9. The lowest BCUT2D eigenvalue weighted by Crippen LogP contribution is -2.33. The van der Waals surface area contributed by atoms with Gasteiger partial charge in [0.25, 0.3) is 0 Å². The average Bonchev–Trinajstić information content (AvgIpc) is 2.46. The van der Waals surface area contributed by atoms with E-state index in [-0.39, 0.29) is 25.0 Å². The molecule has 0 saturated heterocycles. The Kier molecular flexibility index (Phi) is 6.76. The van der Waals surface area contributed by atoms with E-state index in [2.05, 4.69) is 20.3 Å². The number of hydrogen-bond acceptors (Lipinski definition) is 5. The SMILES string of the molecule is N/C(=N/CC(F)(F)C(F)F)Nc1ccnc(OCCCO)n1. The van der Waals surface area contributed by atoms with Crippen molar-refractivity contribution in [2.24, 2.45) is 10.7 Å². The Hall–Kier alpha value is -2.17. The van der Waals surface area contributed by atoms with Crippen LogP contribution in [0.4, 0.5) is 23.4 Å². The second-order valence-electron chi connectivity index (χ2n) is 4.04.